The lowest BCUT2D eigenvalue weighted by Crippen LogP contribution is -2.30. The van der Waals surface area contributed by atoms with Crippen molar-refractivity contribution in [3.05, 3.63) is 24.0 Å². The minimum atomic E-state index is -0.494. The Hall–Kier alpha value is -1.59. The molecule has 1 saturated heterocycles. The summed E-state index contributed by atoms with van der Waals surface area (Å²) in [6.07, 6.45) is 3.71. The van der Waals surface area contributed by atoms with E-state index in [4.69, 9.17) is 5.73 Å². The maximum absolute atomic E-state index is 10.1. The SMILES string of the molecule is CC1(O)CCCN(CCc2nc3ccc(N)cc3[nH]2)CC1. The van der Waals surface area contributed by atoms with Crippen LogP contribution in [0.1, 0.15) is 32.0 Å². The molecule has 21 heavy (non-hydrogen) atoms. The Labute approximate surface area is 125 Å². The maximum atomic E-state index is 10.1. The number of benzene rings is 1. The van der Waals surface area contributed by atoms with Crippen molar-refractivity contribution in [3.63, 3.8) is 0 Å². The summed E-state index contributed by atoms with van der Waals surface area (Å²) in [6, 6.07) is 5.76. The summed E-state index contributed by atoms with van der Waals surface area (Å²) < 4.78 is 0. The van der Waals surface area contributed by atoms with Crippen LogP contribution < -0.4 is 5.73 Å². The van der Waals surface area contributed by atoms with Crippen LogP contribution in [0.3, 0.4) is 0 Å². The summed E-state index contributed by atoms with van der Waals surface area (Å²) in [7, 11) is 0. The molecule has 5 nitrogen and oxygen atoms in total. The molecule has 1 aliphatic heterocycles. The van der Waals surface area contributed by atoms with Gasteiger partial charge in [0.05, 0.1) is 16.6 Å². The molecule has 1 unspecified atom stereocenters. The van der Waals surface area contributed by atoms with Crippen molar-refractivity contribution in [1.82, 2.24) is 14.9 Å². The van der Waals surface area contributed by atoms with Gasteiger partial charge in [-0.2, -0.15) is 0 Å². The number of imidazole rings is 1. The van der Waals surface area contributed by atoms with E-state index in [1.807, 2.05) is 25.1 Å². The van der Waals surface area contributed by atoms with E-state index in [0.717, 1.165) is 67.9 Å². The van der Waals surface area contributed by atoms with E-state index < -0.39 is 5.60 Å². The predicted molar refractivity (Wildman–Crippen MR) is 85.1 cm³/mol. The molecule has 1 aliphatic rings. The highest BCUT2D eigenvalue weighted by atomic mass is 16.3. The summed E-state index contributed by atoms with van der Waals surface area (Å²) in [5.74, 6) is 1.01. The number of H-pyrrole nitrogens is 1. The average Bonchev–Trinajstić information content (AvgIpc) is 2.74. The van der Waals surface area contributed by atoms with Gasteiger partial charge in [0.1, 0.15) is 5.82 Å². The van der Waals surface area contributed by atoms with Gasteiger partial charge in [-0.15, -0.1) is 0 Å². The molecule has 5 heteroatoms. The molecule has 0 aliphatic carbocycles. The van der Waals surface area contributed by atoms with Crippen molar-refractivity contribution >= 4 is 16.7 Å². The Morgan fingerprint density at radius 1 is 1.38 bits per heavy atom. The minimum Gasteiger partial charge on any atom is -0.399 e. The molecule has 2 aromatic rings. The summed E-state index contributed by atoms with van der Waals surface area (Å²) in [6.45, 7) is 4.94. The molecule has 0 saturated carbocycles. The molecule has 1 aromatic carbocycles. The molecule has 0 spiro atoms. The van der Waals surface area contributed by atoms with Crippen molar-refractivity contribution in [2.24, 2.45) is 0 Å². The van der Waals surface area contributed by atoms with E-state index in [-0.39, 0.29) is 0 Å². The average molecular weight is 288 g/mol. The van der Waals surface area contributed by atoms with E-state index in [1.54, 1.807) is 0 Å². The predicted octanol–water partition coefficient (Wildman–Crippen LogP) is 1.92. The van der Waals surface area contributed by atoms with Crippen LogP contribution in [-0.2, 0) is 6.42 Å². The number of fused-ring (bicyclic) bond motifs is 1. The second-order valence-electron chi connectivity index (χ2n) is 6.40. The number of nitrogens with zero attached hydrogens (tertiary/aromatic N) is 2. The molecule has 1 fully saturated rings. The van der Waals surface area contributed by atoms with E-state index in [9.17, 15) is 5.11 Å². The first-order chi connectivity index (χ1) is 10.0. The van der Waals surface area contributed by atoms with Crippen molar-refractivity contribution in [2.45, 2.75) is 38.2 Å². The number of nitrogens with one attached hydrogen (secondary N) is 1. The fourth-order valence-electron chi connectivity index (χ4n) is 3.01. The highest BCUT2D eigenvalue weighted by Gasteiger charge is 2.24. The van der Waals surface area contributed by atoms with Gasteiger partial charge in [0.25, 0.3) is 0 Å². The van der Waals surface area contributed by atoms with E-state index in [2.05, 4.69) is 14.9 Å². The third-order valence-corrected chi connectivity index (χ3v) is 4.38. The zero-order valence-corrected chi connectivity index (χ0v) is 12.6. The fraction of sp³-hybridized carbons (Fsp3) is 0.562. The number of nitrogen functional groups attached to an aromatic ring is 1. The minimum absolute atomic E-state index is 0.494. The molecule has 0 radical (unpaired) electrons. The third kappa shape index (κ3) is 3.54. The summed E-state index contributed by atoms with van der Waals surface area (Å²) in [5, 5.41) is 10.1. The van der Waals surface area contributed by atoms with Crippen LogP contribution in [-0.4, -0.2) is 45.2 Å². The fourth-order valence-corrected chi connectivity index (χ4v) is 3.01. The topological polar surface area (TPSA) is 78.2 Å². The first kappa shape index (κ1) is 14.4. The van der Waals surface area contributed by atoms with Gasteiger partial charge < -0.3 is 20.7 Å². The molecule has 0 bridgehead atoms. The van der Waals surface area contributed by atoms with Crippen LogP contribution in [0.5, 0.6) is 0 Å². The van der Waals surface area contributed by atoms with Crippen molar-refractivity contribution in [2.75, 3.05) is 25.4 Å². The third-order valence-electron chi connectivity index (χ3n) is 4.38. The zero-order valence-electron chi connectivity index (χ0n) is 12.6. The number of hydrogen-bond donors (Lipinski definition) is 3. The Balaban J connectivity index is 1.61. The molecule has 0 amide bonds. The summed E-state index contributed by atoms with van der Waals surface area (Å²) in [4.78, 5) is 10.4. The van der Waals surface area contributed by atoms with Gasteiger partial charge in [-0.1, -0.05) is 0 Å². The Kier molecular flexibility index (Phi) is 3.87. The van der Waals surface area contributed by atoms with Crippen LogP contribution in [0.25, 0.3) is 11.0 Å². The van der Waals surface area contributed by atoms with Gasteiger partial charge in [0, 0.05) is 25.2 Å². The number of nitrogens with two attached hydrogens (primary N) is 1. The lowest BCUT2D eigenvalue weighted by molar-refractivity contribution is 0.0447. The molecular weight excluding hydrogens is 264 g/mol. The first-order valence-corrected chi connectivity index (χ1v) is 7.71. The molecule has 1 atom stereocenters. The highest BCUT2D eigenvalue weighted by Crippen LogP contribution is 2.21. The zero-order chi connectivity index (χ0) is 14.9. The number of hydrogen-bond acceptors (Lipinski definition) is 4. The molecular formula is C16H24N4O. The second kappa shape index (κ2) is 5.66. The standard InChI is InChI=1S/C16H24N4O/c1-16(21)6-2-8-20(10-7-16)9-5-15-18-13-4-3-12(17)11-14(13)19-15/h3-4,11,21H,2,5-10,17H2,1H3,(H,18,19). The molecule has 4 N–H and O–H groups in total. The maximum Gasteiger partial charge on any atom is 0.108 e. The number of rotatable bonds is 3. The van der Waals surface area contributed by atoms with Gasteiger partial charge in [0.15, 0.2) is 0 Å². The van der Waals surface area contributed by atoms with E-state index in [0.29, 0.717) is 0 Å². The Morgan fingerprint density at radius 3 is 3.10 bits per heavy atom. The van der Waals surface area contributed by atoms with Gasteiger partial charge in [-0.05, 0) is 50.9 Å². The highest BCUT2D eigenvalue weighted by molar-refractivity contribution is 5.78. The van der Waals surface area contributed by atoms with Crippen molar-refractivity contribution in [1.29, 1.82) is 0 Å². The van der Waals surface area contributed by atoms with Gasteiger partial charge >= 0.3 is 0 Å². The van der Waals surface area contributed by atoms with Crippen LogP contribution in [0.2, 0.25) is 0 Å². The van der Waals surface area contributed by atoms with Gasteiger partial charge in [0.2, 0.25) is 0 Å². The molecule has 114 valence electrons. The van der Waals surface area contributed by atoms with Crippen LogP contribution in [0.4, 0.5) is 5.69 Å². The Bertz CT molecular complexity index is 620. The first-order valence-electron chi connectivity index (χ1n) is 7.71. The number of likely N-dealkylation sites (tertiary alicyclic amines) is 1. The molecule has 3 rings (SSSR count). The normalized spacial score (nSPS) is 24.3. The largest absolute Gasteiger partial charge is 0.399 e. The quantitative estimate of drug-likeness (QED) is 0.754. The van der Waals surface area contributed by atoms with Crippen molar-refractivity contribution in [3.8, 4) is 0 Å². The lowest BCUT2D eigenvalue weighted by atomic mass is 9.98. The van der Waals surface area contributed by atoms with Gasteiger partial charge in [-0.3, -0.25) is 0 Å². The molecule has 2 heterocycles. The smallest absolute Gasteiger partial charge is 0.108 e. The summed E-state index contributed by atoms with van der Waals surface area (Å²) in [5.41, 5.74) is 8.02. The monoisotopic (exact) mass is 288 g/mol. The molecule has 1 aromatic heterocycles. The van der Waals surface area contributed by atoms with E-state index >= 15 is 0 Å². The number of anilines is 1. The lowest BCUT2D eigenvalue weighted by Gasteiger charge is -2.22. The van der Waals surface area contributed by atoms with Crippen LogP contribution in [0.15, 0.2) is 18.2 Å². The Morgan fingerprint density at radius 2 is 2.24 bits per heavy atom. The van der Waals surface area contributed by atoms with E-state index in [1.165, 1.54) is 0 Å². The number of aromatic nitrogens is 2. The van der Waals surface area contributed by atoms with Crippen molar-refractivity contribution < 1.29 is 5.11 Å². The van der Waals surface area contributed by atoms with Crippen LogP contribution in [0, 0.1) is 0 Å². The number of aliphatic hydroxyl groups is 1. The second-order valence-corrected chi connectivity index (χ2v) is 6.40. The summed E-state index contributed by atoms with van der Waals surface area (Å²) >= 11 is 0. The van der Waals surface area contributed by atoms with Crippen LogP contribution >= 0.6 is 0 Å². The number of aromatic amines is 1. The van der Waals surface area contributed by atoms with Gasteiger partial charge in [-0.25, -0.2) is 4.98 Å².